The maximum Gasteiger partial charge on any atom is -0.0536 e. The lowest BCUT2D eigenvalue weighted by molar-refractivity contribution is 0.516. The molecule has 0 atom stereocenters. The van der Waals surface area contributed by atoms with Crippen LogP contribution in [0.15, 0.2) is 0 Å². The van der Waals surface area contributed by atoms with Gasteiger partial charge in [-0.3, -0.25) is 0 Å². The van der Waals surface area contributed by atoms with Crippen LogP contribution in [-0.2, 0) is 0 Å². The van der Waals surface area contributed by atoms with E-state index in [1.165, 1.54) is 32.1 Å². The van der Waals surface area contributed by atoms with Crippen LogP contribution in [0.1, 0.15) is 32.1 Å². The van der Waals surface area contributed by atoms with E-state index in [2.05, 4.69) is 9.24 Å². The molecule has 0 nitrogen and oxygen atoms in total. The van der Waals surface area contributed by atoms with Gasteiger partial charge in [-0.1, -0.05) is 19.3 Å². The van der Waals surface area contributed by atoms with Gasteiger partial charge in [0.05, 0.1) is 0 Å². The van der Waals surface area contributed by atoms with E-state index in [-0.39, 0.29) is 0 Å². The molecule has 0 radical (unpaired) electrons. The lowest BCUT2D eigenvalue weighted by Gasteiger charge is -2.49. The fourth-order valence-corrected chi connectivity index (χ4v) is 1.45. The zero-order valence-corrected chi connectivity index (χ0v) is 5.45. The first-order chi connectivity index (χ1) is 3.39. The van der Waals surface area contributed by atoms with E-state index in [1.807, 2.05) is 0 Å². The van der Waals surface area contributed by atoms with Crippen LogP contribution in [0.3, 0.4) is 0 Å². The molecule has 0 N–H and O–H groups in total. The Kier molecular flexibility index (Phi) is 2.12. The van der Waals surface area contributed by atoms with Gasteiger partial charge in [0, 0.05) is 0 Å². The third-order valence-corrected chi connectivity index (χ3v) is 2.09. The summed E-state index contributed by atoms with van der Waals surface area (Å²) < 4.78 is 0. The van der Waals surface area contributed by atoms with Crippen LogP contribution in [0.2, 0.25) is 0 Å². The predicted molar refractivity (Wildman–Crippen MR) is 33.8 cm³/mol. The minimum atomic E-state index is 0.730. The fraction of sp³-hybridized carbons (Fsp3) is 1.00. The summed E-state index contributed by atoms with van der Waals surface area (Å²) in [5, 5.41) is 0. The molecule has 1 rings (SSSR count). The Morgan fingerprint density at radius 3 is 1.86 bits per heavy atom. The Morgan fingerprint density at radius 2 is 1.57 bits per heavy atom. The van der Waals surface area contributed by atoms with E-state index < -0.39 is 0 Å². The first kappa shape index (κ1) is 5.56. The Labute approximate surface area is 47.9 Å². The summed E-state index contributed by atoms with van der Waals surface area (Å²) in [5.74, 6) is 0. The minimum absolute atomic E-state index is 0.730. The van der Waals surface area contributed by atoms with Gasteiger partial charge in [0.25, 0.3) is 0 Å². The maximum atomic E-state index is 4.36. The average Bonchev–Trinajstić information content (AvgIpc) is 1.69. The Morgan fingerprint density at radius 1 is 1.00 bits per heavy atom. The molecule has 42 valence electrons. The molecule has 0 amide bonds. The summed E-state index contributed by atoms with van der Waals surface area (Å²) in [6.07, 6.45) is 6.96. The van der Waals surface area contributed by atoms with Gasteiger partial charge in [-0.15, -0.1) is 12.8 Å². The molecule has 7 heavy (non-hydrogen) atoms. The molecule has 0 aliphatic heterocycles. The van der Waals surface area contributed by atoms with E-state index in [9.17, 15) is 0 Å². The summed E-state index contributed by atoms with van der Waals surface area (Å²) in [4.78, 5) is 0. The monoisotopic (exact) mass is 114 g/mol. The Balaban J connectivity index is 2.12. The van der Waals surface area contributed by atoms with Crippen molar-refractivity contribution < 1.29 is 0 Å². The summed E-state index contributed by atoms with van der Waals surface area (Å²) in [6, 6.07) is 0. The van der Waals surface area contributed by atoms with Crippen molar-refractivity contribution in [3.8, 4) is 0 Å². The second kappa shape index (κ2) is 2.67. The first-order valence-corrected chi connectivity index (χ1v) is 3.59. The molecule has 0 aromatic carbocycles. The molecular formula is C6H11P-2. The van der Waals surface area contributed by atoms with Crippen molar-refractivity contribution in [2.24, 2.45) is 0 Å². The van der Waals surface area contributed by atoms with E-state index >= 15 is 0 Å². The molecule has 1 heteroatoms. The van der Waals surface area contributed by atoms with Crippen LogP contribution in [0, 0.1) is 0 Å². The third kappa shape index (κ3) is 1.78. The number of hydrogen-bond donors (Lipinski definition) is 0. The molecule has 0 spiro atoms. The van der Waals surface area contributed by atoms with Crippen molar-refractivity contribution in [2.45, 2.75) is 37.8 Å². The average molecular weight is 114 g/mol. The highest BCUT2D eigenvalue weighted by atomic mass is 31.0. The summed E-state index contributed by atoms with van der Waals surface area (Å²) in [6.45, 7) is 0. The smallest absolute Gasteiger partial charge is 0.0536 e. The van der Waals surface area contributed by atoms with Crippen molar-refractivity contribution in [3.63, 3.8) is 0 Å². The topological polar surface area (TPSA) is 0 Å². The highest BCUT2D eigenvalue weighted by molar-refractivity contribution is 7.17. The molecular weight excluding hydrogens is 103 g/mol. The molecule has 0 saturated heterocycles. The van der Waals surface area contributed by atoms with Crippen LogP contribution in [-0.4, -0.2) is 5.66 Å². The second-order valence-electron chi connectivity index (χ2n) is 2.29. The van der Waals surface area contributed by atoms with Gasteiger partial charge in [0.1, 0.15) is 0 Å². The van der Waals surface area contributed by atoms with Crippen molar-refractivity contribution >= 4 is 9.24 Å². The van der Waals surface area contributed by atoms with Crippen molar-refractivity contribution in [2.75, 3.05) is 0 Å². The highest BCUT2D eigenvalue weighted by Gasteiger charge is 1.93. The molecule has 1 aliphatic carbocycles. The predicted octanol–water partition coefficient (Wildman–Crippen LogP) is 2.73. The zero-order valence-electron chi connectivity index (χ0n) is 4.56. The van der Waals surface area contributed by atoms with Crippen molar-refractivity contribution in [3.05, 3.63) is 0 Å². The third-order valence-electron chi connectivity index (χ3n) is 1.57. The van der Waals surface area contributed by atoms with Crippen LogP contribution >= 0.6 is 9.24 Å². The fourth-order valence-electron chi connectivity index (χ4n) is 1.08. The van der Waals surface area contributed by atoms with E-state index in [0.29, 0.717) is 0 Å². The molecule has 0 bridgehead atoms. The normalized spacial score (nSPS) is 25.3. The summed E-state index contributed by atoms with van der Waals surface area (Å²) >= 11 is 0. The van der Waals surface area contributed by atoms with Gasteiger partial charge < -0.3 is 14.9 Å². The SMILES string of the molecule is [P-2]C1CCCCC1. The van der Waals surface area contributed by atoms with Crippen LogP contribution in [0.5, 0.6) is 0 Å². The van der Waals surface area contributed by atoms with Gasteiger partial charge in [0.2, 0.25) is 0 Å². The van der Waals surface area contributed by atoms with E-state index in [1.54, 1.807) is 0 Å². The molecule has 1 fully saturated rings. The van der Waals surface area contributed by atoms with Gasteiger partial charge in [-0.2, -0.15) is 0 Å². The largest absolute Gasteiger partial charge is 1.49 e. The lowest BCUT2D eigenvalue weighted by Crippen LogP contribution is -2.02. The van der Waals surface area contributed by atoms with Gasteiger partial charge in [0.15, 0.2) is 0 Å². The van der Waals surface area contributed by atoms with Crippen LogP contribution in [0.4, 0.5) is 0 Å². The maximum absolute atomic E-state index is 4.36. The quantitative estimate of drug-likeness (QED) is 0.425. The van der Waals surface area contributed by atoms with E-state index in [4.69, 9.17) is 0 Å². The highest BCUT2D eigenvalue weighted by Crippen LogP contribution is 2.23. The molecule has 0 heterocycles. The van der Waals surface area contributed by atoms with Crippen molar-refractivity contribution in [1.29, 1.82) is 0 Å². The molecule has 0 aromatic rings. The second-order valence-corrected chi connectivity index (χ2v) is 3.02. The minimum Gasteiger partial charge on any atom is -1.49 e. The molecule has 1 aliphatic rings. The van der Waals surface area contributed by atoms with Gasteiger partial charge in [-0.05, 0) is 0 Å². The number of hydrogen-bond acceptors (Lipinski definition) is 0. The summed E-state index contributed by atoms with van der Waals surface area (Å²) in [7, 11) is 4.36. The Hall–Kier alpha value is 0.430. The standard InChI is InChI=1S/C6H11P/c7-6-4-2-1-3-5-6/h6H,1-5H2/q-2. The first-order valence-electron chi connectivity index (χ1n) is 3.07. The van der Waals surface area contributed by atoms with Crippen molar-refractivity contribution in [1.82, 2.24) is 0 Å². The van der Waals surface area contributed by atoms with Gasteiger partial charge in [-0.25, -0.2) is 0 Å². The van der Waals surface area contributed by atoms with Gasteiger partial charge >= 0.3 is 0 Å². The number of rotatable bonds is 0. The molecule has 0 aromatic heterocycles. The van der Waals surface area contributed by atoms with Crippen LogP contribution in [0.25, 0.3) is 0 Å². The molecule has 1 saturated carbocycles. The Bertz CT molecular complexity index is 46.1. The van der Waals surface area contributed by atoms with E-state index in [0.717, 1.165) is 5.66 Å². The van der Waals surface area contributed by atoms with Crippen LogP contribution < -0.4 is 0 Å². The lowest BCUT2D eigenvalue weighted by atomic mass is 10.0. The molecule has 0 unspecified atom stereocenters. The zero-order chi connectivity index (χ0) is 5.11. The summed E-state index contributed by atoms with van der Waals surface area (Å²) in [5.41, 5.74) is 0.730.